The lowest BCUT2D eigenvalue weighted by molar-refractivity contribution is 0.176. The smallest absolute Gasteiger partial charge is 0.323 e. The molecule has 5 nitrogen and oxygen atoms in total. The highest BCUT2D eigenvalue weighted by molar-refractivity contribution is 7.13. The minimum absolute atomic E-state index is 0.184. The van der Waals surface area contributed by atoms with Gasteiger partial charge in [-0.3, -0.25) is 5.32 Å². The molecule has 6 heteroatoms. The number of aromatic nitrogens is 1. The van der Waals surface area contributed by atoms with Crippen molar-refractivity contribution in [2.45, 2.75) is 12.5 Å². The maximum atomic E-state index is 11.5. The van der Waals surface area contributed by atoms with Crippen molar-refractivity contribution in [2.24, 2.45) is 0 Å². The summed E-state index contributed by atoms with van der Waals surface area (Å²) in [4.78, 5) is 17.1. The van der Waals surface area contributed by atoms with Gasteiger partial charge >= 0.3 is 6.03 Å². The van der Waals surface area contributed by atoms with Gasteiger partial charge in [-0.15, -0.1) is 11.3 Å². The summed E-state index contributed by atoms with van der Waals surface area (Å²) in [5.74, 6) is 0. The molecule has 0 bridgehead atoms. The minimum atomic E-state index is -0.378. The van der Waals surface area contributed by atoms with Crippen LogP contribution in [0.1, 0.15) is 6.42 Å². The van der Waals surface area contributed by atoms with Crippen molar-refractivity contribution in [2.75, 3.05) is 18.4 Å². The van der Waals surface area contributed by atoms with Crippen LogP contribution in [0.15, 0.2) is 11.6 Å². The molecule has 14 heavy (non-hydrogen) atoms. The maximum Gasteiger partial charge on any atom is 0.323 e. The molecule has 1 aliphatic rings. The number of amides is 2. The van der Waals surface area contributed by atoms with Gasteiger partial charge in [0.15, 0.2) is 5.13 Å². The molecule has 1 saturated heterocycles. The van der Waals surface area contributed by atoms with Gasteiger partial charge in [0.25, 0.3) is 0 Å². The Balaban J connectivity index is 1.90. The van der Waals surface area contributed by atoms with Crippen LogP contribution in [0, 0.1) is 0 Å². The van der Waals surface area contributed by atoms with Gasteiger partial charge in [0.2, 0.25) is 0 Å². The van der Waals surface area contributed by atoms with E-state index in [1.165, 1.54) is 11.3 Å². The quantitative estimate of drug-likeness (QED) is 0.723. The van der Waals surface area contributed by atoms with Crippen molar-refractivity contribution < 1.29 is 9.90 Å². The molecule has 0 spiro atoms. The summed E-state index contributed by atoms with van der Waals surface area (Å²) >= 11 is 1.38. The molecule has 1 aromatic heterocycles. The molecule has 0 saturated carbocycles. The normalized spacial score (nSPS) is 21.2. The van der Waals surface area contributed by atoms with E-state index in [0.29, 0.717) is 24.6 Å². The second-order valence-electron chi connectivity index (χ2n) is 3.16. The predicted octanol–water partition coefficient (Wildman–Crippen LogP) is 0.742. The van der Waals surface area contributed by atoms with Crippen molar-refractivity contribution in [3.05, 3.63) is 11.6 Å². The first kappa shape index (κ1) is 9.42. The van der Waals surface area contributed by atoms with Crippen LogP contribution in [0.2, 0.25) is 0 Å². The number of anilines is 1. The number of β-amino-alcohol motifs (C(OH)–C–C–N with tert-alkyl or cyclic N) is 1. The fraction of sp³-hybridized carbons (Fsp3) is 0.500. The van der Waals surface area contributed by atoms with Crippen LogP contribution in [0.4, 0.5) is 9.93 Å². The first-order valence-corrected chi connectivity index (χ1v) is 5.27. The number of rotatable bonds is 1. The fourth-order valence-corrected chi connectivity index (χ4v) is 1.90. The molecule has 0 aromatic carbocycles. The van der Waals surface area contributed by atoms with E-state index in [9.17, 15) is 9.90 Å². The van der Waals surface area contributed by atoms with Gasteiger partial charge in [-0.05, 0) is 6.42 Å². The number of hydrogen-bond donors (Lipinski definition) is 2. The van der Waals surface area contributed by atoms with E-state index in [-0.39, 0.29) is 12.1 Å². The first-order valence-electron chi connectivity index (χ1n) is 4.39. The Bertz CT molecular complexity index is 314. The maximum absolute atomic E-state index is 11.5. The lowest BCUT2D eigenvalue weighted by Crippen LogP contribution is -2.33. The number of thiazole rings is 1. The Labute approximate surface area is 85.4 Å². The third kappa shape index (κ3) is 2.02. The first-order chi connectivity index (χ1) is 6.75. The molecule has 1 aromatic rings. The second kappa shape index (κ2) is 3.93. The standard InChI is InChI=1S/C8H11N3O2S/c12-6-1-3-11(5-6)8(13)10-7-9-2-4-14-7/h2,4,6,12H,1,3,5H2,(H,9,10,13)/t6-/m1/s1. The summed E-state index contributed by atoms with van der Waals surface area (Å²) in [5, 5.41) is 14.3. The van der Waals surface area contributed by atoms with E-state index in [1.54, 1.807) is 16.5 Å². The molecule has 0 radical (unpaired) electrons. The van der Waals surface area contributed by atoms with E-state index in [1.807, 2.05) is 0 Å². The highest BCUT2D eigenvalue weighted by Crippen LogP contribution is 2.14. The lowest BCUT2D eigenvalue weighted by Gasteiger charge is -2.14. The van der Waals surface area contributed by atoms with Crippen molar-refractivity contribution in [1.29, 1.82) is 0 Å². The van der Waals surface area contributed by atoms with E-state index < -0.39 is 0 Å². The van der Waals surface area contributed by atoms with Crippen LogP contribution in [-0.4, -0.2) is 40.2 Å². The van der Waals surface area contributed by atoms with Gasteiger partial charge in [0.1, 0.15) is 0 Å². The Morgan fingerprint density at radius 1 is 1.79 bits per heavy atom. The van der Waals surface area contributed by atoms with Gasteiger partial charge in [-0.1, -0.05) is 0 Å². The van der Waals surface area contributed by atoms with Crippen LogP contribution in [0.5, 0.6) is 0 Å². The van der Waals surface area contributed by atoms with E-state index in [0.717, 1.165) is 0 Å². The highest BCUT2D eigenvalue weighted by atomic mass is 32.1. The second-order valence-corrected chi connectivity index (χ2v) is 4.05. The number of nitrogens with one attached hydrogen (secondary N) is 1. The average Bonchev–Trinajstić information content (AvgIpc) is 2.75. The number of nitrogens with zero attached hydrogens (tertiary/aromatic N) is 2. The summed E-state index contributed by atoms with van der Waals surface area (Å²) in [6.45, 7) is 1.02. The van der Waals surface area contributed by atoms with Crippen molar-refractivity contribution >= 4 is 22.5 Å². The molecular formula is C8H11N3O2S. The summed E-state index contributed by atoms with van der Waals surface area (Å²) in [5.41, 5.74) is 0. The summed E-state index contributed by atoms with van der Waals surface area (Å²) in [6.07, 6.45) is 1.92. The lowest BCUT2D eigenvalue weighted by atomic mass is 10.3. The number of urea groups is 1. The number of carbonyl (C=O) groups is 1. The van der Waals surface area contributed by atoms with Gasteiger partial charge in [-0.25, -0.2) is 9.78 Å². The van der Waals surface area contributed by atoms with Crippen molar-refractivity contribution in [3.8, 4) is 0 Å². The zero-order valence-electron chi connectivity index (χ0n) is 7.51. The zero-order valence-corrected chi connectivity index (χ0v) is 8.33. The van der Waals surface area contributed by atoms with Gasteiger partial charge in [0.05, 0.1) is 6.10 Å². The van der Waals surface area contributed by atoms with Crippen molar-refractivity contribution in [1.82, 2.24) is 9.88 Å². The minimum Gasteiger partial charge on any atom is -0.391 e. The number of aliphatic hydroxyl groups is 1. The SMILES string of the molecule is O=C(Nc1nccs1)N1CC[C@@H](O)C1. The number of likely N-dealkylation sites (tertiary alicyclic amines) is 1. The largest absolute Gasteiger partial charge is 0.391 e. The average molecular weight is 213 g/mol. The molecular weight excluding hydrogens is 202 g/mol. The molecule has 1 aliphatic heterocycles. The monoisotopic (exact) mass is 213 g/mol. The van der Waals surface area contributed by atoms with E-state index in [4.69, 9.17) is 0 Å². The summed E-state index contributed by atoms with van der Waals surface area (Å²) in [7, 11) is 0. The topological polar surface area (TPSA) is 65.5 Å². The molecule has 2 amide bonds. The zero-order chi connectivity index (χ0) is 9.97. The molecule has 2 N–H and O–H groups in total. The molecule has 2 rings (SSSR count). The highest BCUT2D eigenvalue weighted by Gasteiger charge is 2.24. The summed E-state index contributed by atoms with van der Waals surface area (Å²) in [6, 6.07) is -0.184. The number of aliphatic hydroxyl groups excluding tert-OH is 1. The Hall–Kier alpha value is -1.14. The molecule has 0 unspecified atom stereocenters. The molecule has 1 fully saturated rings. The van der Waals surface area contributed by atoms with Crippen LogP contribution in [0.25, 0.3) is 0 Å². The summed E-state index contributed by atoms with van der Waals surface area (Å²) < 4.78 is 0. The Kier molecular flexibility index (Phi) is 2.64. The third-order valence-electron chi connectivity index (χ3n) is 2.10. The number of hydrogen-bond acceptors (Lipinski definition) is 4. The fourth-order valence-electron chi connectivity index (χ4n) is 1.38. The van der Waals surface area contributed by atoms with E-state index >= 15 is 0 Å². The number of carbonyl (C=O) groups excluding carboxylic acids is 1. The van der Waals surface area contributed by atoms with Crippen LogP contribution >= 0.6 is 11.3 Å². The molecule has 76 valence electrons. The Morgan fingerprint density at radius 3 is 3.21 bits per heavy atom. The van der Waals surface area contributed by atoms with Gasteiger partial charge < -0.3 is 10.0 Å². The van der Waals surface area contributed by atoms with E-state index in [2.05, 4.69) is 10.3 Å². The van der Waals surface area contributed by atoms with Crippen molar-refractivity contribution in [3.63, 3.8) is 0 Å². The molecule has 0 aliphatic carbocycles. The third-order valence-corrected chi connectivity index (χ3v) is 2.79. The van der Waals surface area contributed by atoms with Crippen LogP contribution in [0.3, 0.4) is 0 Å². The predicted molar refractivity (Wildman–Crippen MR) is 53.3 cm³/mol. The molecule has 1 atom stereocenters. The Morgan fingerprint density at radius 2 is 2.64 bits per heavy atom. The molecule has 2 heterocycles. The van der Waals surface area contributed by atoms with Crippen LogP contribution in [-0.2, 0) is 0 Å². The van der Waals surface area contributed by atoms with Gasteiger partial charge in [0, 0.05) is 24.7 Å². The van der Waals surface area contributed by atoms with Gasteiger partial charge in [-0.2, -0.15) is 0 Å². The van der Waals surface area contributed by atoms with Crippen LogP contribution < -0.4 is 5.32 Å².